The Bertz CT molecular complexity index is 1170. The van der Waals surface area contributed by atoms with Crippen LogP contribution in [-0.2, 0) is 12.8 Å². The Hall–Kier alpha value is -3.98. The standard InChI is InChI=1S/2C16H20N2O2/c2*1-4-10-17-15-9-7-12-6-8-13(11-14(12)15)20-16(19)18(3)5-2/h2*1,6,8,11,15,17H,5,7,9-10H2,2-3H3/t2*15-/m11/s1. The molecule has 40 heavy (non-hydrogen) atoms. The molecule has 2 amide bonds. The zero-order valence-corrected chi connectivity index (χ0v) is 24.0. The van der Waals surface area contributed by atoms with E-state index < -0.39 is 0 Å². The minimum Gasteiger partial charge on any atom is -0.410 e. The zero-order chi connectivity index (χ0) is 29.1. The van der Waals surface area contributed by atoms with E-state index in [1.807, 2.05) is 50.2 Å². The van der Waals surface area contributed by atoms with E-state index in [0.717, 1.165) is 25.7 Å². The fraction of sp³-hybridized carbons (Fsp3) is 0.438. The van der Waals surface area contributed by atoms with Crippen LogP contribution in [-0.4, -0.2) is 62.3 Å². The Labute approximate surface area is 238 Å². The van der Waals surface area contributed by atoms with Crippen molar-refractivity contribution >= 4 is 12.2 Å². The molecule has 0 bridgehead atoms. The van der Waals surface area contributed by atoms with Gasteiger partial charge < -0.3 is 19.3 Å². The summed E-state index contributed by atoms with van der Waals surface area (Å²) in [6.07, 6.45) is 14.0. The van der Waals surface area contributed by atoms with Gasteiger partial charge in [0.25, 0.3) is 0 Å². The molecule has 0 saturated carbocycles. The maximum Gasteiger partial charge on any atom is 0.414 e. The maximum absolute atomic E-state index is 11.8. The van der Waals surface area contributed by atoms with Crippen molar-refractivity contribution in [3.63, 3.8) is 0 Å². The van der Waals surface area contributed by atoms with Gasteiger partial charge in [0.2, 0.25) is 0 Å². The lowest BCUT2D eigenvalue weighted by molar-refractivity contribution is 0.164. The number of nitrogens with zero attached hydrogens (tertiary/aromatic N) is 2. The van der Waals surface area contributed by atoms with Crippen LogP contribution >= 0.6 is 0 Å². The summed E-state index contributed by atoms with van der Waals surface area (Å²) in [6.45, 7) is 6.15. The van der Waals surface area contributed by atoms with Crippen molar-refractivity contribution in [1.29, 1.82) is 0 Å². The minimum absolute atomic E-state index is 0.253. The Morgan fingerprint density at radius 2 is 1.20 bits per heavy atom. The number of benzene rings is 2. The van der Waals surface area contributed by atoms with Gasteiger partial charge in [-0.25, -0.2) is 9.59 Å². The molecule has 0 unspecified atom stereocenters. The lowest BCUT2D eigenvalue weighted by atomic mass is 10.1. The summed E-state index contributed by atoms with van der Waals surface area (Å²) in [4.78, 5) is 26.6. The number of amides is 2. The predicted octanol–water partition coefficient (Wildman–Crippen LogP) is 4.69. The number of terminal acetylenes is 2. The third-order valence-corrected chi connectivity index (χ3v) is 7.27. The predicted molar refractivity (Wildman–Crippen MR) is 157 cm³/mol. The largest absolute Gasteiger partial charge is 0.414 e. The maximum atomic E-state index is 11.8. The van der Waals surface area contributed by atoms with Crippen LogP contribution in [0.25, 0.3) is 0 Å². The van der Waals surface area contributed by atoms with Crippen molar-refractivity contribution in [2.75, 3.05) is 40.3 Å². The number of rotatable bonds is 8. The molecule has 0 fully saturated rings. The van der Waals surface area contributed by atoms with Crippen molar-refractivity contribution in [3.05, 3.63) is 58.7 Å². The molecule has 2 atom stereocenters. The van der Waals surface area contributed by atoms with Gasteiger partial charge in [0.1, 0.15) is 11.5 Å². The average Bonchev–Trinajstić information content (AvgIpc) is 3.57. The molecule has 8 nitrogen and oxygen atoms in total. The third-order valence-electron chi connectivity index (χ3n) is 7.27. The van der Waals surface area contributed by atoms with E-state index in [4.69, 9.17) is 22.3 Å². The molecule has 2 N–H and O–H groups in total. The number of hydrogen-bond acceptors (Lipinski definition) is 6. The van der Waals surface area contributed by atoms with E-state index in [-0.39, 0.29) is 24.3 Å². The van der Waals surface area contributed by atoms with Gasteiger partial charge in [-0.05, 0) is 86.1 Å². The van der Waals surface area contributed by atoms with E-state index >= 15 is 0 Å². The van der Waals surface area contributed by atoms with Crippen LogP contribution in [0.5, 0.6) is 11.5 Å². The number of hydrogen-bond donors (Lipinski definition) is 2. The van der Waals surface area contributed by atoms with Crippen molar-refractivity contribution < 1.29 is 19.1 Å². The number of ether oxygens (including phenoxy) is 2. The second kappa shape index (κ2) is 15.0. The summed E-state index contributed by atoms with van der Waals surface area (Å²) in [5.41, 5.74) is 4.96. The number of aryl methyl sites for hydroxylation is 2. The highest BCUT2D eigenvalue weighted by Gasteiger charge is 2.24. The van der Waals surface area contributed by atoms with Gasteiger partial charge in [-0.3, -0.25) is 10.6 Å². The molecule has 0 aliphatic heterocycles. The van der Waals surface area contributed by atoms with Crippen LogP contribution in [0, 0.1) is 24.7 Å². The monoisotopic (exact) mass is 544 g/mol. The number of nitrogens with one attached hydrogen (secondary N) is 2. The van der Waals surface area contributed by atoms with Crippen molar-refractivity contribution in [1.82, 2.24) is 20.4 Å². The van der Waals surface area contributed by atoms with Crippen molar-refractivity contribution in [2.45, 2.75) is 51.6 Å². The summed E-state index contributed by atoms with van der Waals surface area (Å²) in [6, 6.07) is 12.2. The van der Waals surface area contributed by atoms with Gasteiger partial charge in [0.15, 0.2) is 0 Å². The molecule has 0 saturated heterocycles. The first-order chi connectivity index (χ1) is 19.3. The first-order valence-electron chi connectivity index (χ1n) is 13.8. The van der Waals surface area contributed by atoms with Gasteiger partial charge in [-0.2, -0.15) is 0 Å². The number of carbonyl (C=O) groups is 2. The molecule has 2 aliphatic carbocycles. The summed E-state index contributed by atoms with van der Waals surface area (Å²) in [5, 5.41) is 6.63. The Kier molecular flexibility index (Phi) is 11.4. The fourth-order valence-electron chi connectivity index (χ4n) is 4.69. The van der Waals surface area contributed by atoms with E-state index in [2.05, 4.69) is 22.5 Å². The van der Waals surface area contributed by atoms with Crippen LogP contribution in [0.1, 0.15) is 61.0 Å². The van der Waals surface area contributed by atoms with Crippen LogP contribution in [0.4, 0.5) is 9.59 Å². The molecule has 0 spiro atoms. The summed E-state index contributed by atoms with van der Waals surface area (Å²) < 4.78 is 10.7. The second-order valence-electron chi connectivity index (χ2n) is 9.84. The molecule has 2 aromatic carbocycles. The smallest absolute Gasteiger partial charge is 0.410 e. The summed E-state index contributed by atoms with van der Waals surface area (Å²) in [7, 11) is 3.43. The van der Waals surface area contributed by atoms with E-state index in [0.29, 0.717) is 37.7 Å². The van der Waals surface area contributed by atoms with Crippen LogP contribution in [0.2, 0.25) is 0 Å². The average molecular weight is 545 g/mol. The first kappa shape index (κ1) is 30.6. The van der Waals surface area contributed by atoms with Gasteiger partial charge in [-0.15, -0.1) is 12.8 Å². The number of carbonyl (C=O) groups excluding carboxylic acids is 2. The lowest BCUT2D eigenvalue weighted by Gasteiger charge is -2.16. The van der Waals surface area contributed by atoms with Crippen LogP contribution < -0.4 is 20.1 Å². The molecule has 0 aromatic heterocycles. The Morgan fingerprint density at radius 1 is 0.800 bits per heavy atom. The zero-order valence-electron chi connectivity index (χ0n) is 24.0. The van der Waals surface area contributed by atoms with E-state index in [9.17, 15) is 9.59 Å². The normalized spacial score (nSPS) is 16.4. The first-order valence-corrected chi connectivity index (χ1v) is 13.8. The summed E-state index contributed by atoms with van der Waals surface area (Å²) in [5.74, 6) is 6.36. The topological polar surface area (TPSA) is 83.1 Å². The molecule has 2 aromatic rings. The van der Waals surface area contributed by atoms with E-state index in [1.165, 1.54) is 32.1 Å². The molecule has 4 rings (SSSR count). The number of fused-ring (bicyclic) bond motifs is 2. The molecule has 212 valence electrons. The molecule has 2 aliphatic rings. The highest BCUT2D eigenvalue weighted by molar-refractivity contribution is 5.71. The van der Waals surface area contributed by atoms with Gasteiger partial charge in [-0.1, -0.05) is 24.0 Å². The second-order valence-corrected chi connectivity index (χ2v) is 9.84. The summed E-state index contributed by atoms with van der Waals surface area (Å²) >= 11 is 0. The molecular weight excluding hydrogens is 504 g/mol. The van der Waals surface area contributed by atoms with E-state index in [1.54, 1.807) is 14.1 Å². The Morgan fingerprint density at radius 3 is 1.55 bits per heavy atom. The Balaban J connectivity index is 0.000000220. The van der Waals surface area contributed by atoms with Crippen LogP contribution in [0.3, 0.4) is 0 Å². The van der Waals surface area contributed by atoms with Crippen LogP contribution in [0.15, 0.2) is 36.4 Å². The van der Waals surface area contributed by atoms with Crippen molar-refractivity contribution in [2.24, 2.45) is 0 Å². The van der Waals surface area contributed by atoms with Gasteiger partial charge >= 0.3 is 12.2 Å². The molecular formula is C32H40N4O4. The molecule has 0 radical (unpaired) electrons. The van der Waals surface area contributed by atoms with Gasteiger partial charge in [0, 0.05) is 39.3 Å². The van der Waals surface area contributed by atoms with Crippen molar-refractivity contribution in [3.8, 4) is 36.2 Å². The fourth-order valence-corrected chi connectivity index (χ4v) is 4.69. The highest BCUT2D eigenvalue weighted by Crippen LogP contribution is 2.34. The van der Waals surface area contributed by atoms with Gasteiger partial charge in [0.05, 0.1) is 13.1 Å². The minimum atomic E-state index is -0.335. The molecule has 0 heterocycles. The highest BCUT2D eigenvalue weighted by atomic mass is 16.6. The quantitative estimate of drug-likeness (QED) is 0.469. The molecule has 8 heteroatoms. The third kappa shape index (κ3) is 8.02. The SMILES string of the molecule is C#CCN[C@@H]1CCc2ccc(OC(=O)N(C)CC)cc21.C#CCN[C@@H]1CCc2ccc(OC(=O)N(C)CC)cc21. The lowest BCUT2D eigenvalue weighted by Crippen LogP contribution is -2.29.